The average molecular weight is 767 g/mol. The second-order valence-corrected chi connectivity index (χ2v) is 11.7. The number of methoxy groups -OCH3 is 1. The third-order valence-corrected chi connectivity index (χ3v) is 7.98. The number of aromatic nitrogens is 1. The summed E-state index contributed by atoms with van der Waals surface area (Å²) in [6.45, 7) is 2.50. The second kappa shape index (κ2) is 13.3. The number of hydrogen-bond acceptors (Lipinski definition) is 4. The lowest BCUT2D eigenvalue weighted by Gasteiger charge is -2.14. The van der Waals surface area contributed by atoms with Crippen LogP contribution in [-0.2, 0) is 6.61 Å². The van der Waals surface area contributed by atoms with Gasteiger partial charge in [-0.2, -0.15) is 5.10 Å². The molecule has 1 aromatic heterocycles. The van der Waals surface area contributed by atoms with Crippen LogP contribution in [0.3, 0.4) is 0 Å². The zero-order valence-electron chi connectivity index (χ0n) is 22.5. The lowest BCUT2D eigenvalue weighted by Crippen LogP contribution is -2.17. The molecule has 1 N–H and O–H groups in total. The fraction of sp³-hybridized carbons (Fsp3) is 0.0909. The Balaban J connectivity index is 1.25. The summed E-state index contributed by atoms with van der Waals surface area (Å²) >= 11 is 4.50. The Morgan fingerprint density at radius 1 is 0.927 bits per heavy atom. The number of nitrogens with one attached hydrogen (secondary N) is 1. The van der Waals surface area contributed by atoms with Crippen molar-refractivity contribution in [2.24, 2.45) is 5.10 Å². The minimum absolute atomic E-state index is 0.292. The van der Waals surface area contributed by atoms with Crippen molar-refractivity contribution in [1.29, 1.82) is 0 Å². The molecule has 0 fully saturated rings. The zero-order valence-corrected chi connectivity index (χ0v) is 26.8. The second-order valence-electron chi connectivity index (χ2n) is 9.26. The van der Waals surface area contributed by atoms with Crippen LogP contribution in [0, 0.1) is 14.1 Å². The highest BCUT2D eigenvalue weighted by molar-refractivity contribution is 14.1. The first kappa shape index (κ1) is 28.9. The highest BCUT2D eigenvalue weighted by atomic mass is 127. The van der Waals surface area contributed by atoms with E-state index in [9.17, 15) is 4.79 Å². The number of rotatable bonds is 9. The predicted octanol–water partition coefficient (Wildman–Crippen LogP) is 8.01. The summed E-state index contributed by atoms with van der Waals surface area (Å²) in [4.78, 5) is 12.8. The summed E-state index contributed by atoms with van der Waals surface area (Å²) in [5.41, 5.74) is 9.32. The van der Waals surface area contributed by atoms with Crippen molar-refractivity contribution in [3.05, 3.63) is 133 Å². The van der Waals surface area contributed by atoms with Gasteiger partial charge in [0.2, 0.25) is 0 Å². The van der Waals surface area contributed by atoms with Crippen LogP contribution in [0.1, 0.15) is 27.2 Å². The van der Waals surface area contributed by atoms with E-state index in [0.29, 0.717) is 23.7 Å². The average Bonchev–Trinajstić information content (AvgIpc) is 3.38. The predicted molar refractivity (Wildman–Crippen MR) is 180 cm³/mol. The van der Waals surface area contributed by atoms with Gasteiger partial charge >= 0.3 is 0 Å². The van der Waals surface area contributed by atoms with Crippen LogP contribution in [0.5, 0.6) is 11.5 Å². The molecule has 5 rings (SSSR count). The van der Waals surface area contributed by atoms with E-state index in [2.05, 4.69) is 104 Å². The normalized spacial score (nSPS) is 11.0. The van der Waals surface area contributed by atoms with Gasteiger partial charge in [0.25, 0.3) is 5.91 Å². The van der Waals surface area contributed by atoms with Gasteiger partial charge in [0, 0.05) is 20.5 Å². The van der Waals surface area contributed by atoms with E-state index in [-0.39, 0.29) is 5.91 Å². The first-order valence-electron chi connectivity index (χ1n) is 12.9. The summed E-state index contributed by atoms with van der Waals surface area (Å²) in [7, 11) is 1.60. The van der Waals surface area contributed by atoms with Gasteiger partial charge in [-0.25, -0.2) is 5.43 Å². The Kier molecular flexibility index (Phi) is 9.40. The van der Waals surface area contributed by atoms with Crippen LogP contribution in [0.25, 0.3) is 16.9 Å². The van der Waals surface area contributed by atoms with Crippen molar-refractivity contribution < 1.29 is 14.3 Å². The fourth-order valence-electron chi connectivity index (χ4n) is 4.40. The van der Waals surface area contributed by atoms with E-state index < -0.39 is 0 Å². The molecule has 5 aromatic rings. The molecule has 6 nitrogen and oxygen atoms in total. The van der Waals surface area contributed by atoms with Gasteiger partial charge in [-0.05, 0) is 129 Å². The van der Waals surface area contributed by atoms with E-state index >= 15 is 0 Å². The minimum Gasteiger partial charge on any atom is -0.493 e. The van der Waals surface area contributed by atoms with Crippen LogP contribution in [-0.4, -0.2) is 23.8 Å². The molecule has 0 unspecified atom stereocenters. The van der Waals surface area contributed by atoms with E-state index in [1.54, 1.807) is 25.5 Å². The van der Waals surface area contributed by atoms with Crippen LogP contribution in [0.15, 0.2) is 108 Å². The first-order chi connectivity index (χ1) is 19.9. The number of amides is 1. The molecule has 0 saturated carbocycles. The van der Waals surface area contributed by atoms with Gasteiger partial charge in [-0.1, -0.05) is 42.5 Å². The highest BCUT2D eigenvalue weighted by Crippen LogP contribution is 2.34. The summed E-state index contributed by atoms with van der Waals surface area (Å²) in [6.07, 6.45) is 1.59. The molecule has 41 heavy (non-hydrogen) atoms. The maximum Gasteiger partial charge on any atom is 0.271 e. The lowest BCUT2D eigenvalue weighted by atomic mass is 10.1. The van der Waals surface area contributed by atoms with E-state index in [0.717, 1.165) is 37.3 Å². The third-order valence-electron chi connectivity index (χ3n) is 6.46. The van der Waals surface area contributed by atoms with Crippen molar-refractivity contribution in [3.8, 4) is 28.4 Å². The number of ether oxygens (including phenoxy) is 2. The van der Waals surface area contributed by atoms with Crippen molar-refractivity contribution >= 4 is 57.3 Å². The minimum atomic E-state index is -0.292. The Morgan fingerprint density at radius 3 is 2.37 bits per heavy atom. The van der Waals surface area contributed by atoms with Crippen molar-refractivity contribution in [2.75, 3.05) is 7.11 Å². The van der Waals surface area contributed by atoms with Crippen LogP contribution < -0.4 is 14.9 Å². The summed E-state index contributed by atoms with van der Waals surface area (Å²) < 4.78 is 15.9. The summed E-state index contributed by atoms with van der Waals surface area (Å²) in [5.74, 6) is 0.974. The van der Waals surface area contributed by atoms with Gasteiger partial charge in [0.1, 0.15) is 6.61 Å². The molecule has 1 heterocycles. The summed E-state index contributed by atoms with van der Waals surface area (Å²) in [5, 5.41) is 4.18. The van der Waals surface area contributed by atoms with Crippen LogP contribution >= 0.6 is 45.2 Å². The lowest BCUT2D eigenvalue weighted by molar-refractivity contribution is 0.0955. The highest BCUT2D eigenvalue weighted by Gasteiger charge is 2.13. The maximum atomic E-state index is 12.8. The van der Waals surface area contributed by atoms with E-state index in [1.165, 1.54) is 3.57 Å². The SMILES string of the molecule is COc1cc(/C=N/NC(=O)c2ccc(-n3c(C)ccc3-c3ccccc3)cc2)cc(I)c1OCc1ccc(I)cc1. The number of carbonyl (C=O) groups excluding carboxylic acids is 1. The van der Waals surface area contributed by atoms with Crippen LogP contribution in [0.4, 0.5) is 0 Å². The molecule has 0 atom stereocenters. The van der Waals surface area contributed by atoms with Gasteiger partial charge < -0.3 is 14.0 Å². The third kappa shape index (κ3) is 6.99. The quantitative estimate of drug-likeness (QED) is 0.0940. The van der Waals surface area contributed by atoms with Crippen LogP contribution in [0.2, 0.25) is 0 Å². The monoisotopic (exact) mass is 767 g/mol. The van der Waals surface area contributed by atoms with E-state index in [1.807, 2.05) is 54.6 Å². The molecule has 1 amide bonds. The number of benzene rings is 4. The molecular formula is C33H27I2N3O3. The first-order valence-corrected chi connectivity index (χ1v) is 15.0. The zero-order chi connectivity index (χ0) is 28.8. The summed E-state index contributed by atoms with van der Waals surface area (Å²) in [6, 6.07) is 33.9. The number of hydrazone groups is 1. The van der Waals surface area contributed by atoms with Crippen molar-refractivity contribution in [2.45, 2.75) is 13.5 Å². The number of carbonyl (C=O) groups is 1. The molecular weight excluding hydrogens is 740 g/mol. The number of hydrogen-bond donors (Lipinski definition) is 1. The van der Waals surface area contributed by atoms with Crippen molar-refractivity contribution in [1.82, 2.24) is 9.99 Å². The Hall–Kier alpha value is -3.64. The maximum absolute atomic E-state index is 12.8. The Bertz CT molecular complexity index is 1680. The molecule has 0 aliphatic rings. The Morgan fingerprint density at radius 2 is 1.66 bits per heavy atom. The van der Waals surface area contributed by atoms with E-state index in [4.69, 9.17) is 9.47 Å². The largest absolute Gasteiger partial charge is 0.493 e. The van der Waals surface area contributed by atoms with Gasteiger partial charge in [-0.15, -0.1) is 0 Å². The molecule has 0 aliphatic carbocycles. The van der Waals surface area contributed by atoms with Gasteiger partial charge in [0.15, 0.2) is 11.5 Å². The molecule has 0 spiro atoms. The molecule has 0 aliphatic heterocycles. The molecule has 8 heteroatoms. The molecule has 0 bridgehead atoms. The molecule has 4 aromatic carbocycles. The molecule has 0 radical (unpaired) electrons. The van der Waals surface area contributed by atoms with Gasteiger partial charge in [-0.3, -0.25) is 4.79 Å². The standard InChI is InChI=1S/C33H27I2N3O3/c1-22-8-17-30(25-6-4-3-5-7-25)38(22)28-15-11-26(12-16-28)33(39)37-36-20-24-18-29(35)32(31(19-24)40-2)41-21-23-9-13-27(34)14-10-23/h3-20H,21H2,1-2H3,(H,37,39)/b36-20+. The topological polar surface area (TPSA) is 64.8 Å². The number of halogens is 2. The molecule has 206 valence electrons. The number of nitrogens with zero attached hydrogens (tertiary/aromatic N) is 2. The van der Waals surface area contributed by atoms with Gasteiger partial charge in [0.05, 0.1) is 22.6 Å². The Labute approximate surface area is 266 Å². The smallest absolute Gasteiger partial charge is 0.271 e. The van der Waals surface area contributed by atoms with Crippen molar-refractivity contribution in [3.63, 3.8) is 0 Å². The fourth-order valence-corrected chi connectivity index (χ4v) is 5.54. The number of aryl methyl sites for hydroxylation is 1. The molecule has 0 saturated heterocycles.